The van der Waals surface area contributed by atoms with Gasteiger partial charge in [0.05, 0.1) is 0 Å². The van der Waals surface area contributed by atoms with Gasteiger partial charge in [0.15, 0.2) is 0 Å². The number of hydrogen-bond acceptors (Lipinski definition) is 1. The Hall–Kier alpha value is 0.671. The standard InChI is InChI=1S/C9H10BF3N.K/c11-10(12,13)8-3-1-2-7(6-8)9(14)4-5-9;/h1-3,6H,4-5,14H2;/q-1;+1. The van der Waals surface area contributed by atoms with E-state index < -0.39 is 18.0 Å². The Morgan fingerprint density at radius 3 is 2.27 bits per heavy atom. The molecule has 0 aromatic heterocycles. The van der Waals surface area contributed by atoms with Gasteiger partial charge < -0.3 is 18.7 Å². The molecule has 15 heavy (non-hydrogen) atoms. The Morgan fingerprint density at radius 2 is 1.80 bits per heavy atom. The van der Waals surface area contributed by atoms with E-state index in [-0.39, 0.29) is 51.4 Å². The van der Waals surface area contributed by atoms with Crippen molar-refractivity contribution < 1.29 is 64.3 Å². The van der Waals surface area contributed by atoms with E-state index in [1.54, 1.807) is 6.07 Å². The fourth-order valence-corrected chi connectivity index (χ4v) is 1.48. The monoisotopic (exact) mass is 239 g/mol. The molecule has 0 radical (unpaired) electrons. The van der Waals surface area contributed by atoms with Crippen molar-refractivity contribution in [3.8, 4) is 0 Å². The first-order chi connectivity index (χ1) is 6.42. The van der Waals surface area contributed by atoms with Gasteiger partial charge in [-0.25, -0.2) is 0 Å². The summed E-state index contributed by atoms with van der Waals surface area (Å²) >= 11 is 0. The molecule has 1 nitrogen and oxygen atoms in total. The van der Waals surface area contributed by atoms with Crippen LogP contribution >= 0.6 is 0 Å². The molecular weight excluding hydrogens is 229 g/mol. The van der Waals surface area contributed by atoms with E-state index in [0.717, 1.165) is 18.9 Å². The topological polar surface area (TPSA) is 26.0 Å². The molecule has 1 aromatic carbocycles. The van der Waals surface area contributed by atoms with Gasteiger partial charge in [-0.2, -0.15) is 0 Å². The van der Waals surface area contributed by atoms with Gasteiger partial charge in [0, 0.05) is 5.54 Å². The van der Waals surface area contributed by atoms with E-state index in [9.17, 15) is 12.9 Å². The number of hydrogen-bond donors (Lipinski definition) is 1. The maximum atomic E-state index is 12.4. The molecule has 0 heterocycles. The van der Waals surface area contributed by atoms with E-state index >= 15 is 0 Å². The van der Waals surface area contributed by atoms with E-state index in [1.807, 2.05) is 0 Å². The molecule has 6 heteroatoms. The van der Waals surface area contributed by atoms with Crippen molar-refractivity contribution in [3.05, 3.63) is 29.8 Å². The Morgan fingerprint density at radius 1 is 1.20 bits per heavy atom. The smallest absolute Gasteiger partial charge is 0.445 e. The van der Waals surface area contributed by atoms with Crippen molar-refractivity contribution >= 4 is 12.4 Å². The van der Waals surface area contributed by atoms with E-state index in [1.165, 1.54) is 12.1 Å². The number of halogens is 3. The second-order valence-electron chi connectivity index (χ2n) is 3.86. The molecule has 0 amide bonds. The van der Waals surface area contributed by atoms with Gasteiger partial charge in [-0.3, -0.25) is 0 Å². The van der Waals surface area contributed by atoms with Gasteiger partial charge in [0.25, 0.3) is 0 Å². The molecular formula is C9H10BF3KN. The first-order valence-electron chi connectivity index (χ1n) is 4.51. The van der Waals surface area contributed by atoms with Crippen LogP contribution in [0.15, 0.2) is 24.3 Å². The molecule has 0 aliphatic heterocycles. The number of benzene rings is 1. The fraction of sp³-hybridized carbons (Fsp3) is 0.333. The molecule has 1 saturated carbocycles. The van der Waals surface area contributed by atoms with Crippen LogP contribution in [0.4, 0.5) is 12.9 Å². The predicted octanol–water partition coefficient (Wildman–Crippen LogP) is -1.31. The zero-order valence-electron chi connectivity index (χ0n) is 8.51. The Bertz CT molecular complexity index is 342. The maximum Gasteiger partial charge on any atom is 1.00 e. The quantitative estimate of drug-likeness (QED) is 0.637. The van der Waals surface area contributed by atoms with Gasteiger partial charge in [-0.1, -0.05) is 24.3 Å². The van der Waals surface area contributed by atoms with Crippen LogP contribution in [0.25, 0.3) is 0 Å². The third kappa shape index (κ3) is 3.08. The van der Waals surface area contributed by atoms with Crippen LogP contribution in [0.2, 0.25) is 0 Å². The van der Waals surface area contributed by atoms with E-state index in [4.69, 9.17) is 5.73 Å². The van der Waals surface area contributed by atoms with E-state index in [0.29, 0.717) is 5.56 Å². The summed E-state index contributed by atoms with van der Waals surface area (Å²) in [4.78, 5) is 0. The van der Waals surface area contributed by atoms with Crippen LogP contribution < -0.4 is 62.6 Å². The van der Waals surface area contributed by atoms with Gasteiger partial charge in [-0.15, -0.1) is 5.46 Å². The molecule has 1 aliphatic rings. The SMILES string of the molecule is NC1(c2cccc([B-](F)(F)F)c2)CC1.[K+]. The van der Waals surface area contributed by atoms with Crippen LogP contribution in [0.3, 0.4) is 0 Å². The van der Waals surface area contributed by atoms with Crippen molar-refractivity contribution in [2.45, 2.75) is 18.4 Å². The molecule has 2 rings (SSSR count). The summed E-state index contributed by atoms with van der Waals surface area (Å²) < 4.78 is 37.2. The maximum absolute atomic E-state index is 12.4. The van der Waals surface area contributed by atoms with Gasteiger partial charge in [-0.05, 0) is 18.4 Å². The summed E-state index contributed by atoms with van der Waals surface area (Å²) in [6.07, 6.45) is 1.56. The second-order valence-corrected chi connectivity index (χ2v) is 3.86. The molecule has 0 bridgehead atoms. The predicted molar refractivity (Wildman–Crippen MR) is 50.3 cm³/mol. The van der Waals surface area contributed by atoms with Crippen LogP contribution in [-0.4, -0.2) is 6.98 Å². The molecule has 1 aliphatic carbocycles. The summed E-state index contributed by atoms with van der Waals surface area (Å²) in [6, 6.07) is 5.35. The van der Waals surface area contributed by atoms with Crippen molar-refractivity contribution in [2.24, 2.45) is 5.73 Å². The zero-order valence-corrected chi connectivity index (χ0v) is 11.6. The number of nitrogens with two attached hydrogens (primary N) is 1. The summed E-state index contributed by atoms with van der Waals surface area (Å²) in [7, 11) is 0. The zero-order chi connectivity index (χ0) is 10.4. The largest absolute Gasteiger partial charge is 1.00 e. The summed E-state index contributed by atoms with van der Waals surface area (Å²) in [5.41, 5.74) is 5.38. The van der Waals surface area contributed by atoms with Gasteiger partial charge in [0.2, 0.25) is 0 Å². The van der Waals surface area contributed by atoms with Crippen LogP contribution in [0.5, 0.6) is 0 Å². The third-order valence-electron chi connectivity index (χ3n) is 2.63. The number of rotatable bonds is 2. The van der Waals surface area contributed by atoms with Gasteiger partial charge in [0.1, 0.15) is 0 Å². The van der Waals surface area contributed by atoms with Crippen molar-refractivity contribution in [1.82, 2.24) is 0 Å². The summed E-state index contributed by atoms with van der Waals surface area (Å²) in [5.74, 6) is 0. The van der Waals surface area contributed by atoms with E-state index in [2.05, 4.69) is 0 Å². The molecule has 76 valence electrons. The molecule has 0 saturated heterocycles. The molecule has 0 atom stereocenters. The fourth-order valence-electron chi connectivity index (χ4n) is 1.48. The summed E-state index contributed by atoms with van der Waals surface area (Å²) in [5, 5.41) is 0. The Labute approximate surface area is 129 Å². The molecule has 0 spiro atoms. The Kier molecular flexibility index (Phi) is 4.13. The van der Waals surface area contributed by atoms with Crippen molar-refractivity contribution in [1.29, 1.82) is 0 Å². The van der Waals surface area contributed by atoms with Crippen LogP contribution in [0.1, 0.15) is 18.4 Å². The second kappa shape index (κ2) is 4.51. The molecule has 0 unspecified atom stereocenters. The first kappa shape index (κ1) is 13.7. The molecule has 1 fully saturated rings. The third-order valence-corrected chi connectivity index (χ3v) is 2.63. The van der Waals surface area contributed by atoms with Crippen LogP contribution in [0, 0.1) is 0 Å². The average Bonchev–Trinajstić information content (AvgIpc) is 2.84. The van der Waals surface area contributed by atoms with Crippen LogP contribution in [-0.2, 0) is 5.54 Å². The van der Waals surface area contributed by atoms with Crippen molar-refractivity contribution in [2.75, 3.05) is 0 Å². The minimum Gasteiger partial charge on any atom is -0.445 e. The Balaban J connectivity index is 0.00000112. The molecule has 2 N–H and O–H groups in total. The van der Waals surface area contributed by atoms with Gasteiger partial charge >= 0.3 is 58.4 Å². The minimum absolute atomic E-state index is 0. The normalized spacial score (nSPS) is 18.1. The molecule has 1 aromatic rings. The first-order valence-corrected chi connectivity index (χ1v) is 4.51. The minimum atomic E-state index is -4.90. The average molecular weight is 239 g/mol. The summed E-state index contributed by atoms with van der Waals surface area (Å²) in [6.45, 7) is -4.90. The van der Waals surface area contributed by atoms with Crippen molar-refractivity contribution in [3.63, 3.8) is 0 Å².